The van der Waals surface area contributed by atoms with Gasteiger partial charge in [-0.05, 0) is 23.1 Å². The first-order valence-corrected chi connectivity index (χ1v) is 4.80. The number of hydrogen-bond donors (Lipinski definition) is 0. The Hall–Kier alpha value is -1.08. The van der Waals surface area contributed by atoms with E-state index in [0.29, 0.717) is 0 Å². The van der Waals surface area contributed by atoms with Gasteiger partial charge in [-0.3, -0.25) is 0 Å². The Labute approximate surface area is 76.5 Å². The summed E-state index contributed by atoms with van der Waals surface area (Å²) in [5.41, 5.74) is 1.36. The lowest BCUT2D eigenvalue weighted by atomic mass is 10.1. The van der Waals surface area contributed by atoms with Gasteiger partial charge in [0.1, 0.15) is 0 Å². The molecule has 1 heteroatoms. The molecule has 0 aliphatic rings. The molecule has 0 fully saturated rings. The molecule has 0 bridgehead atoms. The second kappa shape index (κ2) is 3.55. The van der Waals surface area contributed by atoms with Gasteiger partial charge in [0, 0.05) is 11.3 Å². The molecule has 1 aromatic carbocycles. The van der Waals surface area contributed by atoms with Crippen molar-refractivity contribution < 1.29 is 0 Å². The topological polar surface area (TPSA) is 0 Å². The molecule has 0 unspecified atom stereocenters. The highest BCUT2D eigenvalue weighted by molar-refractivity contribution is 7.09. The van der Waals surface area contributed by atoms with Crippen LogP contribution in [0.4, 0.5) is 0 Å². The van der Waals surface area contributed by atoms with Crippen molar-refractivity contribution in [3.63, 3.8) is 0 Å². The molecule has 0 spiro atoms. The minimum atomic E-state index is 1.05. The van der Waals surface area contributed by atoms with Gasteiger partial charge in [-0.1, -0.05) is 30.3 Å². The van der Waals surface area contributed by atoms with Crippen LogP contribution in [0.15, 0.2) is 41.8 Å². The maximum Gasteiger partial charge on any atom is 0.00890 e. The molecule has 0 atom stereocenters. The van der Waals surface area contributed by atoms with Crippen molar-refractivity contribution in [1.29, 1.82) is 0 Å². The lowest BCUT2D eigenvalue weighted by Crippen LogP contribution is -1.81. The molecular formula is C11H9S. The minimum absolute atomic E-state index is 1.05. The first-order valence-electron chi connectivity index (χ1n) is 3.92. The summed E-state index contributed by atoms with van der Waals surface area (Å²) in [5, 5.41) is 2.12. The van der Waals surface area contributed by atoms with Crippen molar-refractivity contribution in [3.05, 3.63) is 58.3 Å². The molecule has 1 aromatic heterocycles. The third kappa shape index (κ3) is 1.74. The van der Waals surface area contributed by atoms with E-state index in [9.17, 15) is 0 Å². The van der Waals surface area contributed by atoms with Gasteiger partial charge in [0.05, 0.1) is 0 Å². The van der Waals surface area contributed by atoms with E-state index in [4.69, 9.17) is 0 Å². The van der Waals surface area contributed by atoms with E-state index in [1.165, 1.54) is 10.4 Å². The highest BCUT2D eigenvalue weighted by Gasteiger charge is 1.94. The Morgan fingerprint density at radius 3 is 2.67 bits per heavy atom. The molecule has 1 radical (unpaired) electrons. The summed E-state index contributed by atoms with van der Waals surface area (Å²) in [7, 11) is 0. The Morgan fingerprint density at radius 2 is 2.00 bits per heavy atom. The standard InChI is InChI=1S/C11H9S/c1-2-5-10(6-3-1)9-11-7-4-8-12-11/h2-8H,9H2. The molecule has 0 aliphatic heterocycles. The number of thiophene rings is 1. The molecule has 0 saturated carbocycles. The Balaban J connectivity index is 2.15. The predicted octanol–water partition coefficient (Wildman–Crippen LogP) is 3.14. The van der Waals surface area contributed by atoms with Crippen LogP contribution in [0.5, 0.6) is 0 Å². The highest BCUT2D eigenvalue weighted by Crippen LogP contribution is 2.13. The summed E-state index contributed by atoms with van der Waals surface area (Å²) in [6.07, 6.45) is 1.05. The van der Waals surface area contributed by atoms with Crippen LogP contribution in [0.2, 0.25) is 0 Å². The van der Waals surface area contributed by atoms with Crippen molar-refractivity contribution in [2.24, 2.45) is 0 Å². The lowest BCUT2D eigenvalue weighted by molar-refractivity contribution is 1.24. The fourth-order valence-electron chi connectivity index (χ4n) is 1.15. The van der Waals surface area contributed by atoms with E-state index in [-0.39, 0.29) is 0 Å². The van der Waals surface area contributed by atoms with Gasteiger partial charge in [-0.2, -0.15) is 0 Å². The lowest BCUT2D eigenvalue weighted by Gasteiger charge is -1.95. The number of rotatable bonds is 2. The van der Waals surface area contributed by atoms with Crippen LogP contribution in [-0.2, 0) is 6.42 Å². The summed E-state index contributed by atoms with van der Waals surface area (Å²) in [6, 6.07) is 15.4. The van der Waals surface area contributed by atoms with Gasteiger partial charge in [-0.25, -0.2) is 0 Å². The SMILES string of the molecule is [c]1ccc(Cc2cccs2)cc1. The van der Waals surface area contributed by atoms with Gasteiger partial charge in [0.15, 0.2) is 0 Å². The average Bonchev–Trinajstić information content (AvgIpc) is 2.59. The van der Waals surface area contributed by atoms with E-state index in [2.05, 4.69) is 35.7 Å². The Kier molecular flexibility index (Phi) is 2.23. The highest BCUT2D eigenvalue weighted by atomic mass is 32.1. The third-order valence-corrected chi connectivity index (χ3v) is 2.62. The smallest absolute Gasteiger partial charge is 0.00890 e. The third-order valence-electron chi connectivity index (χ3n) is 1.75. The van der Waals surface area contributed by atoms with Crippen molar-refractivity contribution in [2.75, 3.05) is 0 Å². The predicted molar refractivity (Wildman–Crippen MR) is 52.4 cm³/mol. The van der Waals surface area contributed by atoms with Crippen molar-refractivity contribution in [2.45, 2.75) is 6.42 Å². The van der Waals surface area contributed by atoms with Crippen molar-refractivity contribution in [3.8, 4) is 0 Å². The largest absolute Gasteiger partial charge is 0.149 e. The zero-order valence-electron chi connectivity index (χ0n) is 6.66. The van der Waals surface area contributed by atoms with Gasteiger partial charge < -0.3 is 0 Å². The molecule has 0 aliphatic carbocycles. The molecule has 0 N–H and O–H groups in total. The van der Waals surface area contributed by atoms with Crippen LogP contribution < -0.4 is 0 Å². The van der Waals surface area contributed by atoms with Crippen molar-refractivity contribution in [1.82, 2.24) is 0 Å². The maximum atomic E-state index is 3.02. The second-order valence-electron chi connectivity index (χ2n) is 2.66. The van der Waals surface area contributed by atoms with Gasteiger partial charge in [0.25, 0.3) is 0 Å². The molecule has 59 valence electrons. The van der Waals surface area contributed by atoms with E-state index in [0.717, 1.165) is 6.42 Å². The summed E-state index contributed by atoms with van der Waals surface area (Å²) < 4.78 is 0. The Morgan fingerprint density at radius 1 is 1.17 bits per heavy atom. The van der Waals surface area contributed by atoms with E-state index < -0.39 is 0 Å². The van der Waals surface area contributed by atoms with Crippen LogP contribution in [0.25, 0.3) is 0 Å². The molecule has 2 rings (SSSR count). The molecule has 0 nitrogen and oxygen atoms in total. The second-order valence-corrected chi connectivity index (χ2v) is 3.70. The average molecular weight is 173 g/mol. The van der Waals surface area contributed by atoms with E-state index in [1.807, 2.05) is 23.5 Å². The molecule has 2 aromatic rings. The van der Waals surface area contributed by atoms with E-state index >= 15 is 0 Å². The fraction of sp³-hybridized carbons (Fsp3) is 0.0909. The Bertz CT molecular complexity index is 321. The summed E-state index contributed by atoms with van der Waals surface area (Å²) in [6.45, 7) is 0. The van der Waals surface area contributed by atoms with Crippen LogP contribution >= 0.6 is 11.3 Å². The zero-order valence-corrected chi connectivity index (χ0v) is 7.47. The summed E-state index contributed by atoms with van der Waals surface area (Å²) >= 11 is 1.81. The number of benzene rings is 1. The maximum absolute atomic E-state index is 3.02. The molecule has 0 amide bonds. The quantitative estimate of drug-likeness (QED) is 0.654. The zero-order chi connectivity index (χ0) is 8.23. The van der Waals surface area contributed by atoms with Crippen molar-refractivity contribution >= 4 is 11.3 Å². The molecule has 12 heavy (non-hydrogen) atoms. The summed E-state index contributed by atoms with van der Waals surface area (Å²) in [5.74, 6) is 0. The monoisotopic (exact) mass is 173 g/mol. The minimum Gasteiger partial charge on any atom is -0.149 e. The summed E-state index contributed by atoms with van der Waals surface area (Å²) in [4.78, 5) is 1.42. The van der Waals surface area contributed by atoms with Crippen LogP contribution in [0, 0.1) is 6.07 Å². The first-order chi connectivity index (χ1) is 5.95. The van der Waals surface area contributed by atoms with Crippen LogP contribution in [0.1, 0.15) is 10.4 Å². The fourth-order valence-corrected chi connectivity index (χ4v) is 1.89. The van der Waals surface area contributed by atoms with Gasteiger partial charge in [-0.15, -0.1) is 11.3 Å². The normalized spacial score (nSPS) is 10.0. The van der Waals surface area contributed by atoms with Crippen LogP contribution in [-0.4, -0.2) is 0 Å². The van der Waals surface area contributed by atoms with E-state index in [1.54, 1.807) is 0 Å². The first kappa shape index (κ1) is 7.56. The van der Waals surface area contributed by atoms with Gasteiger partial charge in [0.2, 0.25) is 0 Å². The number of hydrogen-bond acceptors (Lipinski definition) is 1. The van der Waals surface area contributed by atoms with Crippen LogP contribution in [0.3, 0.4) is 0 Å². The molecular weight excluding hydrogens is 164 g/mol. The molecule has 0 saturated heterocycles. The van der Waals surface area contributed by atoms with Gasteiger partial charge >= 0.3 is 0 Å². The molecule has 1 heterocycles.